The maximum absolute atomic E-state index is 13.0. The molecule has 1 aliphatic carbocycles. The van der Waals surface area contributed by atoms with Crippen molar-refractivity contribution in [2.24, 2.45) is 10.7 Å². The van der Waals surface area contributed by atoms with Crippen molar-refractivity contribution in [1.29, 1.82) is 0 Å². The van der Waals surface area contributed by atoms with Crippen molar-refractivity contribution in [3.8, 4) is 0 Å². The zero-order valence-electron chi connectivity index (χ0n) is 19.2. The summed E-state index contributed by atoms with van der Waals surface area (Å²) >= 11 is 0. The average molecular weight is 458 g/mol. The molecular weight excluding hydrogens is 422 g/mol. The van der Waals surface area contributed by atoms with E-state index >= 15 is 0 Å². The van der Waals surface area contributed by atoms with Crippen LogP contribution in [0.15, 0.2) is 23.2 Å². The number of guanidine groups is 1. The van der Waals surface area contributed by atoms with Crippen LogP contribution in [-0.2, 0) is 16.1 Å². The number of aliphatic hydroxyl groups is 1. The molecule has 1 spiro atoms. The number of rotatable bonds is 1. The first-order chi connectivity index (χ1) is 16.0. The van der Waals surface area contributed by atoms with Crippen molar-refractivity contribution in [3.05, 3.63) is 23.8 Å². The number of Topliss-reactive ketones (excluding diaryl/α,β-unsaturated/α-hetero) is 1. The van der Waals surface area contributed by atoms with E-state index < -0.39 is 11.6 Å². The Morgan fingerprint density at radius 1 is 1.24 bits per heavy atom. The Labute approximate surface area is 194 Å². The third kappa shape index (κ3) is 4.45. The topological polar surface area (TPSA) is 127 Å². The van der Waals surface area contributed by atoms with Gasteiger partial charge in [-0.15, -0.1) is 0 Å². The zero-order chi connectivity index (χ0) is 23.0. The van der Waals surface area contributed by atoms with Crippen LogP contribution in [0.5, 0.6) is 0 Å². The largest absolute Gasteiger partial charge is 0.392 e. The Hall–Kier alpha value is -2.24. The van der Waals surface area contributed by atoms with E-state index in [0.717, 1.165) is 49.5 Å². The van der Waals surface area contributed by atoms with Crippen LogP contribution in [0.2, 0.25) is 0 Å². The molecule has 4 aliphatic rings. The third-order valence-electron chi connectivity index (χ3n) is 7.16. The number of aliphatic hydroxyl groups excluding tert-OH is 1. The Morgan fingerprint density at radius 3 is 2.85 bits per heavy atom. The highest BCUT2D eigenvalue weighted by Gasteiger charge is 2.71. The van der Waals surface area contributed by atoms with Crippen LogP contribution in [0.1, 0.15) is 25.3 Å². The first-order valence-corrected chi connectivity index (χ1v) is 12.0. The molecule has 5 rings (SSSR count). The number of aliphatic imine (C=N–C) groups is 1. The van der Waals surface area contributed by atoms with Crippen molar-refractivity contribution in [1.82, 2.24) is 15.5 Å². The number of carbonyl (C=O) groups is 1. The lowest BCUT2D eigenvalue weighted by atomic mass is 10.1. The highest BCUT2D eigenvalue weighted by atomic mass is 16.5. The molecule has 0 radical (unpaired) electrons. The van der Waals surface area contributed by atoms with Crippen molar-refractivity contribution >= 4 is 23.1 Å². The number of hydrogen-bond acceptors (Lipinski definition) is 10. The van der Waals surface area contributed by atoms with Gasteiger partial charge in [0, 0.05) is 44.0 Å². The van der Waals surface area contributed by atoms with E-state index in [1.54, 1.807) is 0 Å². The molecule has 33 heavy (non-hydrogen) atoms. The van der Waals surface area contributed by atoms with E-state index in [1.807, 2.05) is 13.0 Å². The highest BCUT2D eigenvalue weighted by Crippen LogP contribution is 2.47. The summed E-state index contributed by atoms with van der Waals surface area (Å²) in [4.78, 5) is 22.0. The van der Waals surface area contributed by atoms with Gasteiger partial charge in [-0.2, -0.15) is 0 Å². The van der Waals surface area contributed by atoms with Gasteiger partial charge >= 0.3 is 0 Å². The number of β-amino-alcohol motifs (C(OH)–C–C–N with tert-alkyl or cyclic N) is 1. The number of fused-ring (bicyclic) bond motifs is 2. The van der Waals surface area contributed by atoms with E-state index in [4.69, 9.17) is 10.5 Å². The quantitative estimate of drug-likeness (QED) is 0.377. The number of nitrogens with two attached hydrogens (primary N) is 1. The normalized spacial score (nSPS) is 33.6. The molecule has 1 aromatic rings. The Morgan fingerprint density at radius 2 is 2.03 bits per heavy atom. The van der Waals surface area contributed by atoms with Crippen LogP contribution in [0.4, 0.5) is 11.4 Å². The molecule has 2 bridgehead atoms. The van der Waals surface area contributed by atoms with Gasteiger partial charge in [-0.1, -0.05) is 0 Å². The Bertz CT molecular complexity index is 919. The second-order valence-corrected chi connectivity index (χ2v) is 9.48. The molecule has 1 aromatic carbocycles. The van der Waals surface area contributed by atoms with E-state index in [2.05, 4.69) is 42.9 Å². The lowest BCUT2D eigenvalue weighted by Gasteiger charge is -2.33. The van der Waals surface area contributed by atoms with E-state index in [-0.39, 0.29) is 18.0 Å². The number of hydrogen-bond donors (Lipinski definition) is 5. The number of morpholine rings is 1. The number of ether oxygens (including phenoxy) is 1. The van der Waals surface area contributed by atoms with Crippen LogP contribution in [-0.4, -0.2) is 91.5 Å². The monoisotopic (exact) mass is 457 g/mol. The summed E-state index contributed by atoms with van der Waals surface area (Å²) in [7, 11) is 0. The molecule has 10 nitrogen and oxygen atoms in total. The van der Waals surface area contributed by atoms with Gasteiger partial charge in [-0.05, 0) is 50.2 Å². The number of anilines is 2. The molecule has 2 saturated heterocycles. The molecular formula is C23H35N7O3. The molecule has 3 aliphatic heterocycles. The van der Waals surface area contributed by atoms with Crippen molar-refractivity contribution in [2.45, 2.75) is 50.2 Å². The minimum Gasteiger partial charge on any atom is -0.392 e. The fraction of sp³-hybridized carbons (Fsp3) is 0.652. The Balaban J connectivity index is 1.49. The maximum Gasteiger partial charge on any atom is 0.194 e. The van der Waals surface area contributed by atoms with Crippen molar-refractivity contribution in [2.75, 3.05) is 56.2 Å². The van der Waals surface area contributed by atoms with Crippen LogP contribution >= 0.6 is 0 Å². The number of carbonyl (C=O) groups excluding carboxylic acids is 1. The van der Waals surface area contributed by atoms with Crippen molar-refractivity contribution < 1.29 is 14.6 Å². The smallest absolute Gasteiger partial charge is 0.194 e. The molecule has 4 atom stereocenters. The predicted molar refractivity (Wildman–Crippen MR) is 127 cm³/mol. The van der Waals surface area contributed by atoms with Crippen LogP contribution in [0.25, 0.3) is 0 Å². The SMILES string of the molecule is CC1N=C(N)Nc2ccc(N3CCOCC3)c(c2)CN2C[C@H](O)CC23C(=O)[C@@H]3NCCCN1. The van der Waals surface area contributed by atoms with Crippen molar-refractivity contribution in [3.63, 3.8) is 0 Å². The first-order valence-electron chi connectivity index (χ1n) is 12.0. The summed E-state index contributed by atoms with van der Waals surface area (Å²) in [5.41, 5.74) is 8.65. The van der Waals surface area contributed by atoms with Gasteiger partial charge in [0.05, 0.1) is 25.4 Å². The first kappa shape index (κ1) is 22.5. The van der Waals surface area contributed by atoms with Gasteiger partial charge in [0.2, 0.25) is 0 Å². The highest BCUT2D eigenvalue weighted by molar-refractivity contribution is 6.12. The standard InChI is InChI=1S/C23H35N7O3/c1-15-25-5-2-6-26-20-21(32)23(20)12-18(31)14-30(23)13-16-11-17(28-22(24)27-15)3-4-19(16)29-7-9-33-10-8-29/h3-4,11,15,18,20,25-26,31H,2,5-10,12-14H2,1H3,(H3,24,27,28)/t15?,18-,20+,23?/m1/s1. The van der Waals surface area contributed by atoms with E-state index in [9.17, 15) is 9.90 Å². The zero-order valence-corrected chi connectivity index (χ0v) is 19.2. The number of nitrogens with one attached hydrogen (secondary N) is 3. The molecule has 180 valence electrons. The fourth-order valence-electron chi connectivity index (χ4n) is 5.52. The summed E-state index contributed by atoms with van der Waals surface area (Å²) in [5.74, 6) is 0.551. The van der Waals surface area contributed by atoms with Crippen LogP contribution < -0.4 is 26.6 Å². The molecule has 0 aromatic heterocycles. The van der Waals surface area contributed by atoms with Gasteiger partial charge in [0.15, 0.2) is 11.7 Å². The predicted octanol–water partition coefficient (Wildman–Crippen LogP) is -0.565. The molecule has 10 heteroatoms. The van der Waals surface area contributed by atoms with Crippen LogP contribution in [0.3, 0.4) is 0 Å². The molecule has 6 N–H and O–H groups in total. The number of ketones is 1. The summed E-state index contributed by atoms with van der Waals surface area (Å²) < 4.78 is 5.55. The van der Waals surface area contributed by atoms with Gasteiger partial charge in [-0.25, -0.2) is 4.99 Å². The minimum atomic E-state index is -0.608. The third-order valence-corrected chi connectivity index (χ3v) is 7.16. The van der Waals surface area contributed by atoms with Gasteiger partial charge < -0.3 is 31.1 Å². The van der Waals surface area contributed by atoms with E-state index in [0.29, 0.717) is 38.7 Å². The summed E-state index contributed by atoms with van der Waals surface area (Å²) in [6.45, 7) is 7.58. The summed E-state index contributed by atoms with van der Waals surface area (Å²) in [6, 6.07) is 5.98. The lowest BCUT2D eigenvalue weighted by Crippen LogP contribution is -2.41. The second-order valence-electron chi connectivity index (χ2n) is 9.48. The van der Waals surface area contributed by atoms with Gasteiger partial charge in [-0.3, -0.25) is 15.0 Å². The van der Waals surface area contributed by atoms with Crippen LogP contribution in [0, 0.1) is 0 Å². The molecule has 2 unspecified atom stereocenters. The summed E-state index contributed by atoms with van der Waals surface area (Å²) in [5, 5.41) is 20.5. The molecule has 0 amide bonds. The number of benzene rings is 1. The van der Waals surface area contributed by atoms with Gasteiger partial charge in [0.25, 0.3) is 0 Å². The molecule has 3 fully saturated rings. The van der Waals surface area contributed by atoms with E-state index in [1.165, 1.54) is 0 Å². The lowest BCUT2D eigenvalue weighted by molar-refractivity contribution is -0.113. The average Bonchev–Trinajstić information content (AvgIpc) is 3.18. The Kier molecular flexibility index (Phi) is 6.28. The summed E-state index contributed by atoms with van der Waals surface area (Å²) in [6.07, 6.45) is 0.743. The van der Waals surface area contributed by atoms with Gasteiger partial charge in [0.1, 0.15) is 11.7 Å². The number of nitrogens with zero attached hydrogens (tertiary/aromatic N) is 3. The fourth-order valence-corrected chi connectivity index (χ4v) is 5.52. The second kappa shape index (κ2) is 9.19. The minimum absolute atomic E-state index is 0.119. The molecule has 1 saturated carbocycles. The maximum atomic E-state index is 13.0. The molecule has 3 heterocycles.